The van der Waals surface area contributed by atoms with Crippen LogP contribution in [0.2, 0.25) is 0 Å². The van der Waals surface area contributed by atoms with E-state index in [1.165, 1.54) is 0 Å². The lowest BCUT2D eigenvalue weighted by Crippen LogP contribution is -2.34. The van der Waals surface area contributed by atoms with Gasteiger partial charge in [-0.25, -0.2) is 19.7 Å². The Balaban J connectivity index is 1.25. The summed E-state index contributed by atoms with van der Waals surface area (Å²) in [6, 6.07) is 13.1. The predicted molar refractivity (Wildman–Crippen MR) is 102 cm³/mol. The number of nitrogens with one attached hydrogen (secondary N) is 2. The number of urea groups is 1. The molecule has 2 N–H and O–H groups in total. The average Bonchev–Trinajstić information content (AvgIpc) is 3.44. The highest BCUT2D eigenvalue weighted by Gasteiger charge is 2.08. The zero-order valence-electron chi connectivity index (χ0n) is 14.9. The molecule has 8 heteroatoms. The standard InChI is InChI=1S/C20H18N6O2/c27-20(23-11-15-6-7-18(22-10-15)26-9-8-21-14-26)24-12-17-13-28-19(25-17)16-4-2-1-3-5-16/h1-10,13-14H,11-12H2,(H2,23,24,27). The number of carbonyl (C=O) groups is 1. The maximum absolute atomic E-state index is 12.0. The van der Waals surface area contributed by atoms with Crippen LogP contribution in [0.1, 0.15) is 11.3 Å². The van der Waals surface area contributed by atoms with E-state index in [1.54, 1.807) is 25.0 Å². The molecule has 3 aromatic heterocycles. The summed E-state index contributed by atoms with van der Waals surface area (Å²) in [7, 11) is 0. The fraction of sp³-hybridized carbons (Fsp3) is 0.100. The highest BCUT2D eigenvalue weighted by atomic mass is 16.3. The zero-order chi connectivity index (χ0) is 19.2. The van der Waals surface area contributed by atoms with Gasteiger partial charge in [-0.05, 0) is 23.8 Å². The highest BCUT2D eigenvalue weighted by molar-refractivity contribution is 5.73. The van der Waals surface area contributed by atoms with Gasteiger partial charge in [0.05, 0.1) is 12.2 Å². The SMILES string of the molecule is O=C(NCc1ccc(-n2ccnc2)nc1)NCc1coc(-c2ccccc2)n1. The third-order valence-corrected chi connectivity index (χ3v) is 4.03. The molecule has 28 heavy (non-hydrogen) atoms. The summed E-state index contributed by atoms with van der Waals surface area (Å²) in [5.41, 5.74) is 2.44. The van der Waals surface area contributed by atoms with Crippen LogP contribution in [0.25, 0.3) is 17.3 Å². The fourth-order valence-corrected chi connectivity index (χ4v) is 2.59. The Morgan fingerprint density at radius 1 is 1.07 bits per heavy atom. The maximum atomic E-state index is 12.0. The molecule has 0 aliphatic heterocycles. The molecule has 0 fully saturated rings. The molecule has 8 nitrogen and oxygen atoms in total. The molecule has 0 saturated carbocycles. The van der Waals surface area contributed by atoms with Gasteiger partial charge < -0.3 is 15.1 Å². The molecule has 2 amide bonds. The molecule has 1 aromatic carbocycles. The Morgan fingerprint density at radius 2 is 1.93 bits per heavy atom. The molecule has 4 aromatic rings. The van der Waals surface area contributed by atoms with E-state index in [-0.39, 0.29) is 12.6 Å². The van der Waals surface area contributed by atoms with Crippen LogP contribution in [-0.4, -0.2) is 25.6 Å². The number of pyridine rings is 1. The Hall–Kier alpha value is -3.94. The second-order valence-corrected chi connectivity index (χ2v) is 6.04. The summed E-state index contributed by atoms with van der Waals surface area (Å²) in [4.78, 5) is 24.7. The number of rotatable bonds is 6. The molecule has 0 saturated heterocycles. The lowest BCUT2D eigenvalue weighted by Gasteiger charge is -2.07. The van der Waals surface area contributed by atoms with Crippen molar-refractivity contribution in [3.63, 3.8) is 0 Å². The number of oxazole rings is 1. The van der Waals surface area contributed by atoms with Crippen molar-refractivity contribution >= 4 is 6.03 Å². The van der Waals surface area contributed by atoms with Crippen LogP contribution >= 0.6 is 0 Å². The van der Waals surface area contributed by atoms with Gasteiger partial charge in [0.1, 0.15) is 18.4 Å². The number of amides is 2. The fourth-order valence-electron chi connectivity index (χ4n) is 2.59. The van der Waals surface area contributed by atoms with Gasteiger partial charge in [0.2, 0.25) is 5.89 Å². The number of nitrogens with zero attached hydrogens (tertiary/aromatic N) is 4. The number of hydrogen-bond acceptors (Lipinski definition) is 5. The average molecular weight is 374 g/mol. The lowest BCUT2D eigenvalue weighted by molar-refractivity contribution is 0.240. The topological polar surface area (TPSA) is 97.9 Å². The van der Waals surface area contributed by atoms with Crippen molar-refractivity contribution in [1.29, 1.82) is 0 Å². The summed E-state index contributed by atoms with van der Waals surface area (Å²) < 4.78 is 7.27. The molecule has 0 bridgehead atoms. The quantitative estimate of drug-likeness (QED) is 0.541. The van der Waals surface area contributed by atoms with Crippen molar-refractivity contribution in [2.75, 3.05) is 0 Å². The number of benzene rings is 1. The summed E-state index contributed by atoms with van der Waals surface area (Å²) in [6.07, 6.45) is 8.46. The van der Waals surface area contributed by atoms with Crippen molar-refractivity contribution in [2.24, 2.45) is 0 Å². The third kappa shape index (κ3) is 4.24. The van der Waals surface area contributed by atoms with Crippen molar-refractivity contribution in [3.8, 4) is 17.3 Å². The van der Waals surface area contributed by atoms with Gasteiger partial charge in [-0.15, -0.1) is 0 Å². The summed E-state index contributed by atoms with van der Waals surface area (Å²) in [5, 5.41) is 5.56. The number of carbonyl (C=O) groups excluding carboxylic acids is 1. The van der Waals surface area contributed by atoms with Crippen molar-refractivity contribution < 1.29 is 9.21 Å². The Kier molecular flexibility index (Phi) is 5.10. The van der Waals surface area contributed by atoms with E-state index in [2.05, 4.69) is 25.6 Å². The number of imidazole rings is 1. The van der Waals surface area contributed by atoms with Crippen molar-refractivity contribution in [1.82, 2.24) is 30.2 Å². The van der Waals surface area contributed by atoms with E-state index in [0.29, 0.717) is 18.1 Å². The van der Waals surface area contributed by atoms with Crippen LogP contribution in [0.4, 0.5) is 4.79 Å². The normalized spacial score (nSPS) is 10.6. The molecule has 3 heterocycles. The molecule has 0 atom stereocenters. The minimum Gasteiger partial charge on any atom is -0.444 e. The number of hydrogen-bond donors (Lipinski definition) is 2. The molecule has 0 aliphatic rings. The Bertz CT molecular complexity index is 1030. The van der Waals surface area contributed by atoms with E-state index in [1.807, 2.05) is 53.2 Å². The van der Waals surface area contributed by atoms with Crippen LogP contribution in [0, 0.1) is 0 Å². The zero-order valence-corrected chi connectivity index (χ0v) is 14.9. The first-order valence-electron chi connectivity index (χ1n) is 8.73. The van der Waals surface area contributed by atoms with Crippen LogP contribution in [0.3, 0.4) is 0 Å². The van der Waals surface area contributed by atoms with Gasteiger partial charge in [0, 0.05) is 30.7 Å². The molecule has 4 rings (SSSR count). The molecular formula is C20H18N6O2. The van der Waals surface area contributed by atoms with Crippen LogP contribution in [-0.2, 0) is 13.1 Å². The van der Waals surface area contributed by atoms with Gasteiger partial charge in [0.25, 0.3) is 0 Å². The summed E-state index contributed by atoms with van der Waals surface area (Å²) in [6.45, 7) is 0.650. The number of aromatic nitrogens is 4. The monoisotopic (exact) mass is 374 g/mol. The lowest BCUT2D eigenvalue weighted by atomic mass is 10.2. The first kappa shape index (κ1) is 17.5. The predicted octanol–water partition coefficient (Wildman–Crippen LogP) is 2.92. The highest BCUT2D eigenvalue weighted by Crippen LogP contribution is 2.17. The van der Waals surface area contributed by atoms with E-state index in [0.717, 1.165) is 16.9 Å². The van der Waals surface area contributed by atoms with Gasteiger partial charge in [-0.1, -0.05) is 24.3 Å². The molecule has 0 radical (unpaired) electrons. The van der Waals surface area contributed by atoms with E-state index in [4.69, 9.17) is 4.42 Å². The van der Waals surface area contributed by atoms with Gasteiger partial charge >= 0.3 is 6.03 Å². The first-order chi connectivity index (χ1) is 13.8. The first-order valence-corrected chi connectivity index (χ1v) is 8.73. The Morgan fingerprint density at radius 3 is 2.68 bits per heavy atom. The molecule has 140 valence electrons. The smallest absolute Gasteiger partial charge is 0.315 e. The van der Waals surface area contributed by atoms with Crippen molar-refractivity contribution in [3.05, 3.63) is 84.9 Å². The molecule has 0 unspecified atom stereocenters. The summed E-state index contributed by atoms with van der Waals surface area (Å²) >= 11 is 0. The van der Waals surface area contributed by atoms with Gasteiger partial charge in [0.15, 0.2) is 0 Å². The second-order valence-electron chi connectivity index (χ2n) is 6.04. The largest absolute Gasteiger partial charge is 0.444 e. The van der Waals surface area contributed by atoms with E-state index >= 15 is 0 Å². The van der Waals surface area contributed by atoms with Crippen LogP contribution in [0.15, 0.2) is 78.1 Å². The minimum absolute atomic E-state index is 0.278. The third-order valence-electron chi connectivity index (χ3n) is 4.03. The van der Waals surface area contributed by atoms with Gasteiger partial charge in [-0.2, -0.15) is 0 Å². The Labute approximate surface area is 161 Å². The van der Waals surface area contributed by atoms with E-state index < -0.39 is 0 Å². The van der Waals surface area contributed by atoms with Crippen molar-refractivity contribution in [2.45, 2.75) is 13.1 Å². The van der Waals surface area contributed by atoms with Crippen LogP contribution < -0.4 is 10.6 Å². The molecule has 0 spiro atoms. The molecular weight excluding hydrogens is 356 g/mol. The maximum Gasteiger partial charge on any atom is 0.315 e. The second kappa shape index (κ2) is 8.17. The summed E-state index contributed by atoms with van der Waals surface area (Å²) in [5.74, 6) is 1.30. The van der Waals surface area contributed by atoms with E-state index in [9.17, 15) is 4.79 Å². The molecule has 0 aliphatic carbocycles. The van der Waals surface area contributed by atoms with Crippen LogP contribution in [0.5, 0.6) is 0 Å². The van der Waals surface area contributed by atoms with Gasteiger partial charge in [-0.3, -0.25) is 4.57 Å². The minimum atomic E-state index is -0.289.